The highest BCUT2D eigenvalue weighted by molar-refractivity contribution is 6.29. The number of rotatable bonds is 5. The maximum Gasteiger partial charge on any atom is 0.413 e. The molecular weight excluding hydrogens is 308 g/mol. The summed E-state index contributed by atoms with van der Waals surface area (Å²) in [5.74, 6) is -0.498. The minimum absolute atomic E-state index is 0.202. The number of nitrogens with two attached hydrogens (primary N) is 2. The SMILES string of the molecule is CCOC(=O)NC(N)=N/N=C\C(C)=N\N=C(N)NC(=O)OCC. The van der Waals surface area contributed by atoms with E-state index in [0.29, 0.717) is 5.71 Å². The Morgan fingerprint density at radius 2 is 1.43 bits per heavy atom. The van der Waals surface area contributed by atoms with Crippen LogP contribution in [0.5, 0.6) is 0 Å². The monoisotopic (exact) mass is 328 g/mol. The molecule has 0 heterocycles. The molecule has 0 rings (SSSR count). The minimum atomic E-state index is -0.739. The average Bonchev–Trinajstić information content (AvgIpc) is 2.45. The summed E-state index contributed by atoms with van der Waals surface area (Å²) < 4.78 is 9.19. The molecule has 0 atom stereocenters. The molecular formula is C11H20N8O4. The van der Waals surface area contributed by atoms with E-state index in [1.54, 1.807) is 20.8 Å². The third-order valence-corrected chi connectivity index (χ3v) is 1.74. The number of carbonyl (C=O) groups is 2. The zero-order valence-electron chi connectivity index (χ0n) is 13.1. The predicted molar refractivity (Wildman–Crippen MR) is 85.2 cm³/mol. The van der Waals surface area contributed by atoms with E-state index in [-0.39, 0.29) is 25.1 Å². The van der Waals surface area contributed by atoms with Crippen LogP contribution in [0, 0.1) is 0 Å². The zero-order valence-corrected chi connectivity index (χ0v) is 13.1. The molecule has 0 aromatic carbocycles. The van der Waals surface area contributed by atoms with Gasteiger partial charge in [0.15, 0.2) is 0 Å². The number of hydrogen-bond acceptors (Lipinski definition) is 8. The van der Waals surface area contributed by atoms with Gasteiger partial charge in [0, 0.05) is 0 Å². The van der Waals surface area contributed by atoms with Gasteiger partial charge in [0.2, 0.25) is 11.9 Å². The quantitative estimate of drug-likeness (QED) is 0.299. The van der Waals surface area contributed by atoms with E-state index in [9.17, 15) is 9.59 Å². The fourth-order valence-corrected chi connectivity index (χ4v) is 0.927. The van der Waals surface area contributed by atoms with Crippen LogP contribution in [0.2, 0.25) is 0 Å². The van der Waals surface area contributed by atoms with E-state index in [4.69, 9.17) is 11.5 Å². The highest BCUT2D eigenvalue weighted by Gasteiger charge is 2.02. The molecule has 12 nitrogen and oxygen atoms in total. The molecule has 0 aliphatic carbocycles. The Hall–Kier alpha value is -3.18. The maximum absolute atomic E-state index is 11.0. The third-order valence-electron chi connectivity index (χ3n) is 1.74. The van der Waals surface area contributed by atoms with Crippen molar-refractivity contribution in [3.63, 3.8) is 0 Å². The number of hydrogen-bond donors (Lipinski definition) is 4. The van der Waals surface area contributed by atoms with E-state index in [2.05, 4.69) is 40.5 Å². The highest BCUT2D eigenvalue weighted by Crippen LogP contribution is 1.81. The number of nitrogens with zero attached hydrogens (tertiary/aromatic N) is 4. The molecule has 0 unspecified atom stereocenters. The second-order valence-corrected chi connectivity index (χ2v) is 3.65. The predicted octanol–water partition coefficient (Wildman–Crippen LogP) is -0.530. The standard InChI is InChI=1S/C11H20N8O4/c1-4-22-10(20)15-8(12)18-14-6-7(3)17-19-9(13)16-11(21)23-5-2/h6H,4-5H2,1-3H3,(H3,12,15,18,20)(H3,13,16,19,21)/b14-6-,17-7+. The third kappa shape index (κ3) is 11.2. The van der Waals surface area contributed by atoms with E-state index in [1.165, 1.54) is 6.21 Å². The van der Waals surface area contributed by atoms with Crippen LogP contribution in [0.4, 0.5) is 9.59 Å². The molecule has 0 radical (unpaired) electrons. The molecule has 0 aromatic heterocycles. The fourth-order valence-electron chi connectivity index (χ4n) is 0.927. The van der Waals surface area contributed by atoms with Crippen molar-refractivity contribution < 1.29 is 19.1 Å². The molecule has 23 heavy (non-hydrogen) atoms. The van der Waals surface area contributed by atoms with Crippen LogP contribution in [0.1, 0.15) is 20.8 Å². The smallest absolute Gasteiger partial charge is 0.413 e. The van der Waals surface area contributed by atoms with Gasteiger partial charge in [0.05, 0.1) is 25.1 Å². The first kappa shape index (κ1) is 19.8. The zero-order chi connectivity index (χ0) is 17.7. The number of amides is 2. The molecule has 0 saturated carbocycles. The molecule has 128 valence electrons. The lowest BCUT2D eigenvalue weighted by Gasteiger charge is -2.02. The molecule has 0 aliphatic heterocycles. The van der Waals surface area contributed by atoms with Gasteiger partial charge in [-0.2, -0.15) is 10.2 Å². The molecule has 0 spiro atoms. The van der Waals surface area contributed by atoms with Crippen LogP contribution in [0.25, 0.3) is 0 Å². The van der Waals surface area contributed by atoms with Crippen LogP contribution in [-0.4, -0.2) is 49.2 Å². The van der Waals surface area contributed by atoms with Crippen LogP contribution < -0.4 is 22.1 Å². The summed E-state index contributed by atoms with van der Waals surface area (Å²) in [6, 6.07) is 0. The number of ether oxygens (including phenoxy) is 2. The first-order valence-corrected chi connectivity index (χ1v) is 6.50. The van der Waals surface area contributed by atoms with Gasteiger partial charge in [-0.15, -0.1) is 10.2 Å². The van der Waals surface area contributed by atoms with E-state index in [0.717, 1.165) is 0 Å². The summed E-state index contributed by atoms with van der Waals surface area (Å²) in [6.45, 7) is 5.25. The molecule has 0 aliphatic rings. The second-order valence-electron chi connectivity index (χ2n) is 3.65. The van der Waals surface area contributed by atoms with Crippen molar-refractivity contribution >= 4 is 36.0 Å². The first-order chi connectivity index (χ1) is 10.9. The van der Waals surface area contributed by atoms with E-state index < -0.39 is 12.2 Å². The van der Waals surface area contributed by atoms with Crippen molar-refractivity contribution in [2.45, 2.75) is 20.8 Å². The van der Waals surface area contributed by atoms with Crippen LogP contribution in [0.15, 0.2) is 20.4 Å². The van der Waals surface area contributed by atoms with Gasteiger partial charge in [-0.25, -0.2) is 9.59 Å². The van der Waals surface area contributed by atoms with Crippen molar-refractivity contribution in [2.24, 2.45) is 31.9 Å². The lowest BCUT2D eigenvalue weighted by molar-refractivity contribution is 0.156. The van der Waals surface area contributed by atoms with Gasteiger partial charge < -0.3 is 20.9 Å². The average molecular weight is 328 g/mol. The molecule has 2 amide bonds. The highest BCUT2D eigenvalue weighted by atomic mass is 16.6. The van der Waals surface area contributed by atoms with Crippen molar-refractivity contribution in [1.82, 2.24) is 10.6 Å². The normalized spacial score (nSPS) is 12.9. The Labute approximate surface area is 132 Å². The topological polar surface area (TPSA) is 178 Å². The Kier molecular flexibility index (Phi) is 9.89. The van der Waals surface area contributed by atoms with Crippen LogP contribution in [0.3, 0.4) is 0 Å². The number of nitrogens with one attached hydrogen (secondary N) is 2. The molecule has 12 heteroatoms. The Bertz CT molecular complexity index is 526. The molecule has 6 N–H and O–H groups in total. The molecule has 0 bridgehead atoms. The summed E-state index contributed by atoms with van der Waals surface area (Å²) >= 11 is 0. The van der Waals surface area contributed by atoms with Crippen molar-refractivity contribution in [1.29, 1.82) is 0 Å². The van der Waals surface area contributed by atoms with Crippen molar-refractivity contribution in [2.75, 3.05) is 13.2 Å². The van der Waals surface area contributed by atoms with Crippen molar-refractivity contribution in [3.8, 4) is 0 Å². The number of guanidine groups is 2. The van der Waals surface area contributed by atoms with Gasteiger partial charge in [-0.05, 0) is 20.8 Å². The van der Waals surface area contributed by atoms with Crippen LogP contribution in [-0.2, 0) is 9.47 Å². The van der Waals surface area contributed by atoms with Gasteiger partial charge in [-0.1, -0.05) is 0 Å². The molecule has 0 fully saturated rings. The maximum atomic E-state index is 11.0. The lowest BCUT2D eigenvalue weighted by atomic mass is 10.5. The summed E-state index contributed by atoms with van der Waals surface area (Å²) in [5.41, 5.74) is 11.1. The van der Waals surface area contributed by atoms with E-state index in [1.807, 2.05) is 0 Å². The van der Waals surface area contributed by atoms with Crippen LogP contribution >= 0.6 is 0 Å². The molecule has 0 aromatic rings. The Morgan fingerprint density at radius 3 is 1.91 bits per heavy atom. The number of carbonyl (C=O) groups excluding carboxylic acids is 2. The minimum Gasteiger partial charge on any atom is -0.450 e. The largest absolute Gasteiger partial charge is 0.450 e. The first-order valence-electron chi connectivity index (χ1n) is 6.50. The second kappa shape index (κ2) is 11.5. The number of alkyl carbamates (subject to hydrolysis) is 2. The summed E-state index contributed by atoms with van der Waals surface area (Å²) in [4.78, 5) is 22.1. The molecule has 0 saturated heterocycles. The van der Waals surface area contributed by atoms with Gasteiger partial charge in [0.25, 0.3) is 0 Å². The summed E-state index contributed by atoms with van der Waals surface area (Å²) in [6.07, 6.45) is -0.268. The summed E-state index contributed by atoms with van der Waals surface area (Å²) in [7, 11) is 0. The Morgan fingerprint density at radius 1 is 0.957 bits per heavy atom. The lowest BCUT2D eigenvalue weighted by Crippen LogP contribution is -2.37. The van der Waals surface area contributed by atoms with Gasteiger partial charge in [-0.3, -0.25) is 10.6 Å². The fraction of sp³-hybridized carbons (Fsp3) is 0.455. The van der Waals surface area contributed by atoms with Gasteiger partial charge >= 0.3 is 12.2 Å². The Balaban J connectivity index is 4.47. The van der Waals surface area contributed by atoms with E-state index >= 15 is 0 Å². The van der Waals surface area contributed by atoms with Crippen molar-refractivity contribution in [3.05, 3.63) is 0 Å². The summed E-state index contributed by atoms with van der Waals surface area (Å²) in [5, 5.41) is 18.5. The van der Waals surface area contributed by atoms with Gasteiger partial charge in [0.1, 0.15) is 0 Å².